The lowest BCUT2D eigenvalue weighted by atomic mass is 10.2. The Kier molecular flexibility index (Phi) is 6.18. The lowest BCUT2D eigenvalue weighted by molar-refractivity contribution is 0.199. The summed E-state index contributed by atoms with van der Waals surface area (Å²) in [6.45, 7) is 2.07. The Morgan fingerprint density at radius 1 is 1.13 bits per heavy atom. The van der Waals surface area contributed by atoms with Crippen LogP contribution in [0.3, 0.4) is 0 Å². The zero-order chi connectivity index (χ0) is 20.9. The molecule has 8 heteroatoms. The standard InChI is InChI=1S/C22H21FN4O2S/c1-28-10-9-25-13-15-3-2-4-17(27-15)21-12-18-22(30-21)20(7-8-26-18)29-19-6-5-14(24)11-16(19)23/h2-8,11-12,25H,9-10,13,24H2,1H3. The molecule has 3 heterocycles. The van der Waals surface area contributed by atoms with Gasteiger partial charge in [-0.1, -0.05) is 6.07 Å². The number of halogens is 1. The SMILES string of the molecule is COCCNCc1cccc(-c2cc3nccc(Oc4ccc(N)cc4F)c3s2)n1. The summed E-state index contributed by atoms with van der Waals surface area (Å²) in [4.78, 5) is 10.1. The minimum absolute atomic E-state index is 0.119. The number of nitrogens with one attached hydrogen (secondary N) is 1. The van der Waals surface area contributed by atoms with Crippen LogP contribution in [0.15, 0.2) is 54.7 Å². The van der Waals surface area contributed by atoms with Crippen LogP contribution in [-0.2, 0) is 11.3 Å². The van der Waals surface area contributed by atoms with Crippen LogP contribution in [0, 0.1) is 5.82 Å². The molecular weight excluding hydrogens is 403 g/mol. The molecule has 3 N–H and O–H groups in total. The molecule has 0 unspecified atom stereocenters. The molecular formula is C22H21FN4O2S. The molecule has 0 amide bonds. The first-order chi connectivity index (χ1) is 14.6. The quantitative estimate of drug-likeness (QED) is 0.318. The summed E-state index contributed by atoms with van der Waals surface area (Å²) in [6.07, 6.45) is 1.65. The smallest absolute Gasteiger partial charge is 0.167 e. The van der Waals surface area contributed by atoms with E-state index in [2.05, 4.69) is 10.3 Å². The number of hydrogen-bond donors (Lipinski definition) is 2. The van der Waals surface area contributed by atoms with Gasteiger partial charge in [0.1, 0.15) is 5.75 Å². The molecule has 0 aliphatic heterocycles. The van der Waals surface area contributed by atoms with Crippen LogP contribution in [0.25, 0.3) is 20.8 Å². The van der Waals surface area contributed by atoms with E-state index in [-0.39, 0.29) is 5.75 Å². The Hall–Kier alpha value is -3.07. The molecule has 0 aliphatic rings. The minimum Gasteiger partial charge on any atom is -0.453 e. The predicted octanol–water partition coefficient (Wildman–Crippen LogP) is 4.61. The van der Waals surface area contributed by atoms with Crippen molar-refractivity contribution >= 4 is 27.2 Å². The molecule has 0 spiro atoms. The summed E-state index contributed by atoms with van der Waals surface area (Å²) in [5.74, 6) is 0.151. The number of rotatable bonds is 8. The number of pyridine rings is 2. The van der Waals surface area contributed by atoms with Crippen LogP contribution >= 0.6 is 11.3 Å². The van der Waals surface area contributed by atoms with Crippen LogP contribution in [0.5, 0.6) is 11.5 Å². The highest BCUT2D eigenvalue weighted by Crippen LogP contribution is 2.39. The summed E-state index contributed by atoms with van der Waals surface area (Å²) in [5.41, 5.74) is 8.53. The third-order valence-corrected chi connectivity index (χ3v) is 5.56. The minimum atomic E-state index is -0.507. The second-order valence-electron chi connectivity index (χ2n) is 6.61. The van der Waals surface area contributed by atoms with Crippen molar-refractivity contribution < 1.29 is 13.9 Å². The summed E-state index contributed by atoms with van der Waals surface area (Å²) < 4.78 is 25.9. The summed E-state index contributed by atoms with van der Waals surface area (Å²) >= 11 is 1.51. The van der Waals surface area contributed by atoms with Gasteiger partial charge in [0, 0.05) is 44.2 Å². The average molecular weight is 425 g/mol. The highest BCUT2D eigenvalue weighted by molar-refractivity contribution is 7.22. The van der Waals surface area contributed by atoms with Gasteiger partial charge in [-0.15, -0.1) is 11.3 Å². The number of nitrogens with two attached hydrogens (primary N) is 1. The van der Waals surface area contributed by atoms with Gasteiger partial charge in [-0.25, -0.2) is 4.39 Å². The van der Waals surface area contributed by atoms with E-state index in [9.17, 15) is 4.39 Å². The highest BCUT2D eigenvalue weighted by Gasteiger charge is 2.13. The zero-order valence-corrected chi connectivity index (χ0v) is 17.2. The summed E-state index contributed by atoms with van der Waals surface area (Å²) in [7, 11) is 1.68. The van der Waals surface area contributed by atoms with Crippen molar-refractivity contribution in [1.29, 1.82) is 0 Å². The van der Waals surface area contributed by atoms with Gasteiger partial charge in [-0.3, -0.25) is 9.97 Å². The van der Waals surface area contributed by atoms with Crippen molar-refractivity contribution in [3.8, 4) is 22.1 Å². The first kappa shape index (κ1) is 20.2. The van der Waals surface area contributed by atoms with Gasteiger partial charge in [-0.05, 0) is 30.3 Å². The van der Waals surface area contributed by atoms with Gasteiger partial charge < -0.3 is 20.5 Å². The van der Waals surface area contributed by atoms with E-state index >= 15 is 0 Å². The maximum Gasteiger partial charge on any atom is 0.167 e. The van der Waals surface area contributed by atoms with Gasteiger partial charge in [-0.2, -0.15) is 0 Å². The average Bonchev–Trinajstić information content (AvgIpc) is 3.19. The first-order valence-electron chi connectivity index (χ1n) is 9.41. The van der Waals surface area contributed by atoms with Crippen LogP contribution < -0.4 is 15.8 Å². The van der Waals surface area contributed by atoms with Gasteiger partial charge in [0.05, 0.1) is 33.1 Å². The van der Waals surface area contributed by atoms with Crippen LogP contribution in [0.1, 0.15) is 5.69 Å². The summed E-state index contributed by atoms with van der Waals surface area (Å²) in [5, 5.41) is 3.29. The number of fused-ring (bicyclic) bond motifs is 1. The molecule has 3 aromatic heterocycles. The maximum atomic E-state index is 14.2. The lowest BCUT2D eigenvalue weighted by Crippen LogP contribution is -2.19. The molecule has 4 rings (SSSR count). The largest absolute Gasteiger partial charge is 0.453 e. The Morgan fingerprint density at radius 2 is 2.03 bits per heavy atom. The Labute approximate surface area is 177 Å². The Bertz CT molecular complexity index is 1170. The van der Waals surface area contributed by atoms with E-state index in [1.54, 1.807) is 25.4 Å². The predicted molar refractivity (Wildman–Crippen MR) is 117 cm³/mol. The molecule has 30 heavy (non-hydrogen) atoms. The fraction of sp³-hybridized carbons (Fsp3) is 0.182. The second kappa shape index (κ2) is 9.17. The number of methoxy groups -OCH3 is 1. The van der Waals surface area contributed by atoms with Crippen molar-refractivity contribution in [1.82, 2.24) is 15.3 Å². The van der Waals surface area contributed by atoms with E-state index in [4.69, 9.17) is 20.2 Å². The number of benzene rings is 1. The van der Waals surface area contributed by atoms with Crippen molar-refractivity contribution in [3.05, 3.63) is 66.2 Å². The number of thiophene rings is 1. The van der Waals surface area contributed by atoms with E-state index in [1.807, 2.05) is 24.3 Å². The van der Waals surface area contributed by atoms with E-state index in [0.717, 1.165) is 33.0 Å². The molecule has 0 radical (unpaired) electrons. The summed E-state index contributed by atoms with van der Waals surface area (Å²) in [6, 6.07) is 14.0. The normalized spacial score (nSPS) is 11.1. The van der Waals surface area contributed by atoms with Gasteiger partial charge in [0.25, 0.3) is 0 Å². The third-order valence-electron chi connectivity index (χ3n) is 4.40. The van der Waals surface area contributed by atoms with Crippen molar-refractivity contribution in [3.63, 3.8) is 0 Å². The topological polar surface area (TPSA) is 82.3 Å². The number of hydrogen-bond acceptors (Lipinski definition) is 7. The third kappa shape index (κ3) is 4.56. The second-order valence-corrected chi connectivity index (χ2v) is 7.66. The van der Waals surface area contributed by atoms with Crippen molar-refractivity contribution in [2.45, 2.75) is 6.54 Å². The van der Waals surface area contributed by atoms with Gasteiger partial charge >= 0.3 is 0 Å². The lowest BCUT2D eigenvalue weighted by Gasteiger charge is -2.07. The van der Waals surface area contributed by atoms with E-state index in [0.29, 0.717) is 24.6 Å². The molecule has 0 saturated heterocycles. The molecule has 0 fully saturated rings. The molecule has 1 aromatic carbocycles. The van der Waals surface area contributed by atoms with Crippen LogP contribution in [0.4, 0.5) is 10.1 Å². The van der Waals surface area contributed by atoms with Crippen LogP contribution in [-0.4, -0.2) is 30.2 Å². The van der Waals surface area contributed by atoms with Gasteiger partial charge in [0.15, 0.2) is 11.6 Å². The Balaban J connectivity index is 1.60. The molecule has 0 bridgehead atoms. The fourth-order valence-electron chi connectivity index (χ4n) is 2.95. The first-order valence-corrected chi connectivity index (χ1v) is 10.2. The number of anilines is 1. The van der Waals surface area contributed by atoms with E-state index in [1.165, 1.54) is 23.5 Å². The molecule has 0 aliphatic carbocycles. The monoisotopic (exact) mass is 424 g/mol. The fourth-order valence-corrected chi connectivity index (χ4v) is 3.98. The van der Waals surface area contributed by atoms with Gasteiger partial charge in [0.2, 0.25) is 0 Å². The number of nitrogen functional groups attached to an aromatic ring is 1. The molecule has 0 atom stereocenters. The van der Waals surface area contributed by atoms with E-state index < -0.39 is 5.82 Å². The van der Waals surface area contributed by atoms with Crippen molar-refractivity contribution in [2.75, 3.05) is 26.0 Å². The molecule has 6 nitrogen and oxygen atoms in total. The molecule has 0 saturated carbocycles. The Morgan fingerprint density at radius 3 is 2.87 bits per heavy atom. The van der Waals surface area contributed by atoms with Crippen LogP contribution in [0.2, 0.25) is 0 Å². The molecule has 4 aromatic rings. The number of ether oxygens (including phenoxy) is 2. The highest BCUT2D eigenvalue weighted by atomic mass is 32.1. The van der Waals surface area contributed by atoms with Crippen molar-refractivity contribution in [2.24, 2.45) is 0 Å². The molecule has 154 valence electrons. The number of nitrogens with zero attached hydrogens (tertiary/aromatic N) is 2. The zero-order valence-electron chi connectivity index (χ0n) is 16.4. The number of aromatic nitrogens is 2. The maximum absolute atomic E-state index is 14.2.